The predicted octanol–water partition coefficient (Wildman–Crippen LogP) is 3.81. The van der Waals surface area contributed by atoms with Crippen LogP contribution in [0.4, 0.5) is 0 Å². The quantitative estimate of drug-likeness (QED) is 0.779. The van der Waals surface area contributed by atoms with Crippen LogP contribution in [0.2, 0.25) is 0 Å². The molecular formula is C20H23BrN2O2. The number of hydrogen-bond acceptors (Lipinski definition) is 3. The summed E-state index contributed by atoms with van der Waals surface area (Å²) in [5, 5.41) is 0. The van der Waals surface area contributed by atoms with E-state index in [0.717, 1.165) is 54.9 Å². The van der Waals surface area contributed by atoms with Gasteiger partial charge in [-0.15, -0.1) is 0 Å². The SMILES string of the molecule is COc1cccc(CN2CCCN(C(=O)c3cccc(Br)c3)CC2)c1. The number of carbonyl (C=O) groups is 1. The molecule has 0 aliphatic carbocycles. The zero-order valence-corrected chi connectivity index (χ0v) is 16.0. The Hall–Kier alpha value is -1.85. The molecule has 0 N–H and O–H groups in total. The van der Waals surface area contributed by atoms with Gasteiger partial charge in [0.05, 0.1) is 7.11 Å². The molecule has 0 saturated carbocycles. The number of rotatable bonds is 4. The summed E-state index contributed by atoms with van der Waals surface area (Å²) in [6, 6.07) is 15.8. The second-order valence-electron chi connectivity index (χ2n) is 6.28. The first-order chi connectivity index (χ1) is 12.2. The van der Waals surface area contributed by atoms with Crippen LogP contribution in [0.3, 0.4) is 0 Å². The Labute approximate surface area is 157 Å². The third kappa shape index (κ3) is 4.83. The molecule has 25 heavy (non-hydrogen) atoms. The molecule has 0 radical (unpaired) electrons. The second kappa shape index (κ2) is 8.50. The van der Waals surface area contributed by atoms with Crippen LogP contribution in [0.25, 0.3) is 0 Å². The van der Waals surface area contributed by atoms with Crippen LogP contribution in [0.5, 0.6) is 5.75 Å². The van der Waals surface area contributed by atoms with Crippen LogP contribution < -0.4 is 4.74 Å². The van der Waals surface area contributed by atoms with Gasteiger partial charge in [-0.25, -0.2) is 0 Å². The predicted molar refractivity (Wildman–Crippen MR) is 103 cm³/mol. The van der Waals surface area contributed by atoms with E-state index in [-0.39, 0.29) is 5.91 Å². The van der Waals surface area contributed by atoms with Crippen molar-refractivity contribution in [3.05, 3.63) is 64.1 Å². The van der Waals surface area contributed by atoms with Gasteiger partial charge in [-0.2, -0.15) is 0 Å². The van der Waals surface area contributed by atoms with E-state index in [9.17, 15) is 4.79 Å². The standard InChI is InChI=1S/C20H23BrN2O2/c1-25-19-8-2-5-16(13-19)15-22-9-4-10-23(12-11-22)20(24)17-6-3-7-18(21)14-17/h2-3,5-8,13-14H,4,9-12,15H2,1H3. The van der Waals surface area contributed by atoms with Crippen LogP contribution in [-0.2, 0) is 6.54 Å². The van der Waals surface area contributed by atoms with Gasteiger partial charge in [-0.1, -0.05) is 34.1 Å². The highest BCUT2D eigenvalue weighted by Crippen LogP contribution is 2.17. The third-order valence-electron chi connectivity index (χ3n) is 4.49. The summed E-state index contributed by atoms with van der Waals surface area (Å²) in [6.07, 6.45) is 0.990. The molecule has 132 valence electrons. The Kier molecular flexibility index (Phi) is 6.10. The smallest absolute Gasteiger partial charge is 0.253 e. The van der Waals surface area contributed by atoms with Gasteiger partial charge in [0.25, 0.3) is 5.91 Å². The number of ether oxygens (including phenoxy) is 1. The number of methoxy groups -OCH3 is 1. The molecule has 4 nitrogen and oxygen atoms in total. The maximum atomic E-state index is 12.7. The minimum absolute atomic E-state index is 0.115. The number of nitrogens with zero attached hydrogens (tertiary/aromatic N) is 2. The van der Waals surface area contributed by atoms with Crippen LogP contribution in [-0.4, -0.2) is 49.0 Å². The van der Waals surface area contributed by atoms with E-state index in [0.29, 0.717) is 0 Å². The van der Waals surface area contributed by atoms with Gasteiger partial charge in [0.15, 0.2) is 0 Å². The van der Waals surface area contributed by atoms with Crippen molar-refractivity contribution in [2.45, 2.75) is 13.0 Å². The van der Waals surface area contributed by atoms with Gasteiger partial charge in [-0.05, 0) is 42.3 Å². The van der Waals surface area contributed by atoms with E-state index in [4.69, 9.17) is 4.74 Å². The maximum Gasteiger partial charge on any atom is 0.253 e. The van der Waals surface area contributed by atoms with Gasteiger partial charge in [0, 0.05) is 42.8 Å². The Morgan fingerprint density at radius 3 is 2.72 bits per heavy atom. The molecule has 1 aliphatic rings. The van der Waals surface area contributed by atoms with Gasteiger partial charge in [-0.3, -0.25) is 9.69 Å². The molecule has 0 spiro atoms. The maximum absolute atomic E-state index is 12.7. The summed E-state index contributed by atoms with van der Waals surface area (Å²) < 4.78 is 6.24. The highest BCUT2D eigenvalue weighted by molar-refractivity contribution is 9.10. The minimum Gasteiger partial charge on any atom is -0.497 e. The monoisotopic (exact) mass is 402 g/mol. The molecule has 1 fully saturated rings. The molecule has 0 bridgehead atoms. The first kappa shape index (κ1) is 18.0. The number of carbonyl (C=O) groups excluding carboxylic acids is 1. The first-order valence-electron chi connectivity index (χ1n) is 8.56. The van der Waals surface area contributed by atoms with E-state index in [1.54, 1.807) is 7.11 Å². The molecule has 0 unspecified atom stereocenters. The van der Waals surface area contributed by atoms with E-state index in [1.807, 2.05) is 41.3 Å². The van der Waals surface area contributed by atoms with Gasteiger partial charge >= 0.3 is 0 Å². The zero-order chi connectivity index (χ0) is 17.6. The third-order valence-corrected chi connectivity index (χ3v) is 4.98. The van der Waals surface area contributed by atoms with Crippen molar-refractivity contribution in [2.24, 2.45) is 0 Å². The molecule has 2 aromatic carbocycles. The van der Waals surface area contributed by atoms with Crippen molar-refractivity contribution < 1.29 is 9.53 Å². The number of benzene rings is 2. The van der Waals surface area contributed by atoms with E-state index in [2.05, 4.69) is 33.0 Å². The molecule has 5 heteroatoms. The lowest BCUT2D eigenvalue weighted by Gasteiger charge is -2.22. The largest absolute Gasteiger partial charge is 0.497 e. The highest BCUT2D eigenvalue weighted by atomic mass is 79.9. The fourth-order valence-corrected chi connectivity index (χ4v) is 3.56. The zero-order valence-electron chi connectivity index (χ0n) is 14.5. The fourth-order valence-electron chi connectivity index (χ4n) is 3.17. The van der Waals surface area contributed by atoms with Crippen molar-refractivity contribution in [3.8, 4) is 5.75 Å². The Bertz CT molecular complexity index is 735. The van der Waals surface area contributed by atoms with Crippen LogP contribution in [0.1, 0.15) is 22.3 Å². The Morgan fingerprint density at radius 2 is 1.92 bits per heavy atom. The van der Waals surface area contributed by atoms with Gasteiger partial charge in [0.2, 0.25) is 0 Å². The second-order valence-corrected chi connectivity index (χ2v) is 7.20. The number of amides is 1. The summed E-state index contributed by atoms with van der Waals surface area (Å²) in [5.74, 6) is 1.00. The number of halogens is 1. The minimum atomic E-state index is 0.115. The molecule has 2 aromatic rings. The van der Waals surface area contributed by atoms with Crippen molar-refractivity contribution in [2.75, 3.05) is 33.3 Å². The fraction of sp³-hybridized carbons (Fsp3) is 0.350. The van der Waals surface area contributed by atoms with Crippen molar-refractivity contribution in [1.29, 1.82) is 0 Å². The lowest BCUT2D eigenvalue weighted by atomic mass is 10.2. The summed E-state index contributed by atoms with van der Waals surface area (Å²) >= 11 is 3.44. The van der Waals surface area contributed by atoms with Gasteiger partial charge < -0.3 is 9.64 Å². The average molecular weight is 403 g/mol. The Morgan fingerprint density at radius 1 is 1.08 bits per heavy atom. The molecule has 0 aromatic heterocycles. The average Bonchev–Trinajstić information content (AvgIpc) is 2.87. The lowest BCUT2D eigenvalue weighted by Crippen LogP contribution is -2.35. The van der Waals surface area contributed by atoms with E-state index >= 15 is 0 Å². The summed E-state index contributed by atoms with van der Waals surface area (Å²) in [4.78, 5) is 17.1. The molecule has 1 amide bonds. The summed E-state index contributed by atoms with van der Waals surface area (Å²) in [5.41, 5.74) is 1.99. The lowest BCUT2D eigenvalue weighted by molar-refractivity contribution is 0.0761. The molecular weight excluding hydrogens is 380 g/mol. The van der Waals surface area contributed by atoms with E-state index in [1.165, 1.54) is 5.56 Å². The van der Waals surface area contributed by atoms with Crippen molar-refractivity contribution in [3.63, 3.8) is 0 Å². The summed E-state index contributed by atoms with van der Waals surface area (Å²) in [6.45, 7) is 4.34. The molecule has 1 aliphatic heterocycles. The molecule has 3 rings (SSSR count). The van der Waals surface area contributed by atoms with E-state index < -0.39 is 0 Å². The molecule has 0 atom stereocenters. The van der Waals surface area contributed by atoms with Crippen molar-refractivity contribution in [1.82, 2.24) is 9.80 Å². The normalized spacial score (nSPS) is 15.7. The Balaban J connectivity index is 1.61. The van der Waals surface area contributed by atoms with Gasteiger partial charge in [0.1, 0.15) is 5.75 Å². The first-order valence-corrected chi connectivity index (χ1v) is 9.35. The van der Waals surface area contributed by atoms with Crippen LogP contribution in [0, 0.1) is 0 Å². The summed E-state index contributed by atoms with van der Waals surface area (Å²) in [7, 11) is 1.69. The highest BCUT2D eigenvalue weighted by Gasteiger charge is 2.20. The van der Waals surface area contributed by atoms with Crippen molar-refractivity contribution >= 4 is 21.8 Å². The van der Waals surface area contributed by atoms with Crippen LogP contribution >= 0.6 is 15.9 Å². The molecule has 1 heterocycles. The number of hydrogen-bond donors (Lipinski definition) is 0. The molecule has 1 saturated heterocycles. The van der Waals surface area contributed by atoms with Crippen LogP contribution in [0.15, 0.2) is 53.0 Å². The topological polar surface area (TPSA) is 32.8 Å².